The molecular formula is C27H29N3OS. The highest BCUT2D eigenvalue weighted by atomic mass is 32.1. The lowest BCUT2D eigenvalue weighted by atomic mass is 9.96. The number of fused-ring (bicyclic) bond motifs is 1. The Balaban J connectivity index is 1.13. The molecule has 0 radical (unpaired) electrons. The first-order chi connectivity index (χ1) is 15.9. The van der Waals surface area contributed by atoms with E-state index in [0.717, 1.165) is 57.0 Å². The van der Waals surface area contributed by atoms with Crippen molar-refractivity contribution in [1.82, 2.24) is 14.8 Å². The normalized spacial score (nSPS) is 15.4. The molecule has 1 fully saturated rings. The maximum atomic E-state index is 5.99. The zero-order valence-electron chi connectivity index (χ0n) is 18.3. The maximum Gasteiger partial charge on any atom is 0.120 e. The van der Waals surface area contributed by atoms with E-state index in [-0.39, 0.29) is 0 Å². The third-order valence-electron chi connectivity index (χ3n) is 6.19. The van der Waals surface area contributed by atoms with Crippen LogP contribution in [0.3, 0.4) is 0 Å². The van der Waals surface area contributed by atoms with E-state index < -0.39 is 0 Å². The van der Waals surface area contributed by atoms with Gasteiger partial charge in [-0.25, -0.2) is 4.98 Å². The Bertz CT molecular complexity index is 1070. The van der Waals surface area contributed by atoms with Gasteiger partial charge in [-0.1, -0.05) is 60.7 Å². The van der Waals surface area contributed by atoms with Gasteiger partial charge in [-0.05, 0) is 35.7 Å². The predicted molar refractivity (Wildman–Crippen MR) is 132 cm³/mol. The van der Waals surface area contributed by atoms with Crippen molar-refractivity contribution in [3.63, 3.8) is 0 Å². The second-order valence-electron chi connectivity index (χ2n) is 8.29. The lowest BCUT2D eigenvalue weighted by molar-refractivity contribution is 0.105. The quantitative estimate of drug-likeness (QED) is 0.338. The summed E-state index contributed by atoms with van der Waals surface area (Å²) in [5.74, 6) is 0.945. The standard InChI is InChI=1S/C27H29N3OS/c1-3-8-22(9-4-1)27(23-10-5-2-6-11-23)30-17-15-29(16-18-30)14-7-19-31-24-12-13-25-26(20-24)32-21-28-25/h1-6,8-13,20-21,27H,7,14-19H2. The van der Waals surface area contributed by atoms with Crippen molar-refractivity contribution >= 4 is 21.6 Å². The summed E-state index contributed by atoms with van der Waals surface area (Å²) in [6.07, 6.45) is 1.04. The summed E-state index contributed by atoms with van der Waals surface area (Å²) in [5, 5.41) is 0. The van der Waals surface area contributed by atoms with E-state index in [1.165, 1.54) is 15.8 Å². The van der Waals surface area contributed by atoms with Gasteiger partial charge in [0, 0.05) is 32.7 Å². The Morgan fingerprint density at radius 1 is 0.844 bits per heavy atom. The SMILES string of the molecule is c1ccc(C(c2ccccc2)N2CCN(CCCOc3ccc4ncsc4c3)CC2)cc1. The Labute approximate surface area is 194 Å². The number of rotatable bonds is 8. The Kier molecular flexibility index (Phi) is 6.77. The molecule has 0 N–H and O–H groups in total. The van der Waals surface area contributed by atoms with E-state index in [9.17, 15) is 0 Å². The van der Waals surface area contributed by atoms with Gasteiger partial charge in [0.1, 0.15) is 5.75 Å². The number of hydrogen-bond donors (Lipinski definition) is 0. The molecule has 0 aliphatic carbocycles. The van der Waals surface area contributed by atoms with Crippen LogP contribution in [0.15, 0.2) is 84.4 Å². The molecular weight excluding hydrogens is 414 g/mol. The van der Waals surface area contributed by atoms with Gasteiger partial charge < -0.3 is 9.64 Å². The monoisotopic (exact) mass is 443 g/mol. The number of nitrogens with zero attached hydrogens (tertiary/aromatic N) is 3. The average molecular weight is 444 g/mol. The molecule has 0 bridgehead atoms. The molecule has 5 heteroatoms. The fourth-order valence-electron chi connectivity index (χ4n) is 4.53. The van der Waals surface area contributed by atoms with E-state index in [0.29, 0.717) is 6.04 Å². The van der Waals surface area contributed by atoms with Crippen molar-refractivity contribution in [3.05, 3.63) is 95.5 Å². The van der Waals surface area contributed by atoms with E-state index in [2.05, 4.69) is 81.5 Å². The zero-order valence-corrected chi connectivity index (χ0v) is 19.1. The van der Waals surface area contributed by atoms with Gasteiger partial charge in [0.2, 0.25) is 0 Å². The Hall–Kier alpha value is -2.73. The van der Waals surface area contributed by atoms with Crippen LogP contribution in [0, 0.1) is 0 Å². The molecule has 1 saturated heterocycles. The van der Waals surface area contributed by atoms with Gasteiger partial charge in [-0.3, -0.25) is 4.90 Å². The van der Waals surface area contributed by atoms with Crippen LogP contribution in [0.5, 0.6) is 5.75 Å². The van der Waals surface area contributed by atoms with Crippen LogP contribution in [0.4, 0.5) is 0 Å². The highest BCUT2D eigenvalue weighted by molar-refractivity contribution is 7.16. The van der Waals surface area contributed by atoms with Crippen LogP contribution >= 0.6 is 11.3 Å². The minimum absolute atomic E-state index is 0.324. The summed E-state index contributed by atoms with van der Waals surface area (Å²) in [5.41, 5.74) is 5.68. The fourth-order valence-corrected chi connectivity index (χ4v) is 5.24. The second kappa shape index (κ2) is 10.3. The number of ether oxygens (including phenoxy) is 1. The molecule has 164 valence electrons. The van der Waals surface area contributed by atoms with Gasteiger partial charge >= 0.3 is 0 Å². The molecule has 3 aromatic carbocycles. The molecule has 0 spiro atoms. The van der Waals surface area contributed by atoms with E-state index in [1.54, 1.807) is 11.3 Å². The van der Waals surface area contributed by atoms with Crippen molar-refractivity contribution in [2.75, 3.05) is 39.3 Å². The average Bonchev–Trinajstić information content (AvgIpc) is 3.32. The largest absolute Gasteiger partial charge is 0.493 e. The smallest absolute Gasteiger partial charge is 0.120 e. The first-order valence-electron chi connectivity index (χ1n) is 11.4. The summed E-state index contributed by atoms with van der Waals surface area (Å²) >= 11 is 1.66. The predicted octanol–water partition coefficient (Wildman–Crippen LogP) is 5.47. The topological polar surface area (TPSA) is 28.6 Å². The van der Waals surface area contributed by atoms with Crippen LogP contribution < -0.4 is 4.74 Å². The first kappa shape index (κ1) is 21.1. The molecule has 4 nitrogen and oxygen atoms in total. The third-order valence-corrected chi connectivity index (χ3v) is 6.98. The van der Waals surface area contributed by atoms with Crippen LogP contribution in [0.1, 0.15) is 23.6 Å². The summed E-state index contributed by atoms with van der Waals surface area (Å²) in [6, 6.07) is 28.3. The molecule has 1 aliphatic rings. The molecule has 1 aliphatic heterocycles. The van der Waals surface area contributed by atoms with Crippen molar-refractivity contribution in [1.29, 1.82) is 0 Å². The number of piperazine rings is 1. The third kappa shape index (κ3) is 5.01. The number of aromatic nitrogens is 1. The minimum atomic E-state index is 0.324. The molecule has 0 amide bonds. The molecule has 0 saturated carbocycles. The highest BCUT2D eigenvalue weighted by Gasteiger charge is 2.26. The number of hydrogen-bond acceptors (Lipinski definition) is 5. The van der Waals surface area contributed by atoms with Crippen molar-refractivity contribution in [2.45, 2.75) is 12.5 Å². The van der Waals surface area contributed by atoms with Crippen LogP contribution in [0.2, 0.25) is 0 Å². The number of thiazole rings is 1. The molecule has 5 rings (SSSR count). The van der Waals surface area contributed by atoms with Gasteiger partial charge in [-0.15, -0.1) is 11.3 Å². The number of benzene rings is 3. The first-order valence-corrected chi connectivity index (χ1v) is 12.3. The second-order valence-corrected chi connectivity index (χ2v) is 9.17. The maximum absolute atomic E-state index is 5.99. The summed E-state index contributed by atoms with van der Waals surface area (Å²) < 4.78 is 7.18. The summed E-state index contributed by atoms with van der Waals surface area (Å²) in [4.78, 5) is 9.52. The molecule has 32 heavy (non-hydrogen) atoms. The molecule has 2 heterocycles. The van der Waals surface area contributed by atoms with Crippen molar-refractivity contribution in [3.8, 4) is 5.75 Å². The van der Waals surface area contributed by atoms with Crippen LogP contribution in [-0.2, 0) is 0 Å². The highest BCUT2D eigenvalue weighted by Crippen LogP contribution is 2.29. The van der Waals surface area contributed by atoms with Crippen molar-refractivity contribution < 1.29 is 4.74 Å². The van der Waals surface area contributed by atoms with Crippen LogP contribution in [0.25, 0.3) is 10.2 Å². The van der Waals surface area contributed by atoms with Gasteiger partial charge in [0.25, 0.3) is 0 Å². The van der Waals surface area contributed by atoms with E-state index in [4.69, 9.17) is 4.74 Å². The fraction of sp³-hybridized carbons (Fsp3) is 0.296. The minimum Gasteiger partial charge on any atom is -0.493 e. The zero-order chi connectivity index (χ0) is 21.6. The van der Waals surface area contributed by atoms with E-state index in [1.807, 2.05) is 17.6 Å². The van der Waals surface area contributed by atoms with Crippen molar-refractivity contribution in [2.24, 2.45) is 0 Å². The lowest BCUT2D eigenvalue weighted by Crippen LogP contribution is -2.48. The van der Waals surface area contributed by atoms with Gasteiger partial charge in [-0.2, -0.15) is 0 Å². The molecule has 1 aromatic heterocycles. The lowest BCUT2D eigenvalue weighted by Gasteiger charge is -2.39. The Morgan fingerprint density at radius 3 is 2.22 bits per heavy atom. The molecule has 4 aromatic rings. The Morgan fingerprint density at radius 2 is 1.53 bits per heavy atom. The van der Waals surface area contributed by atoms with Gasteiger partial charge in [0.15, 0.2) is 0 Å². The van der Waals surface area contributed by atoms with Gasteiger partial charge in [0.05, 0.1) is 28.4 Å². The van der Waals surface area contributed by atoms with E-state index >= 15 is 0 Å². The molecule has 0 unspecified atom stereocenters. The summed E-state index contributed by atoms with van der Waals surface area (Å²) in [7, 11) is 0. The van der Waals surface area contributed by atoms with Crippen LogP contribution in [-0.4, -0.2) is 54.1 Å². The molecule has 0 atom stereocenters. The summed E-state index contributed by atoms with van der Waals surface area (Å²) in [6.45, 7) is 6.19.